The highest BCUT2D eigenvalue weighted by atomic mass is 16.5. The molecule has 0 amide bonds. The van der Waals surface area contributed by atoms with Crippen LogP contribution in [0.4, 0.5) is 0 Å². The van der Waals surface area contributed by atoms with Crippen molar-refractivity contribution in [1.82, 2.24) is 9.80 Å². The molecule has 2 aliphatic rings. The van der Waals surface area contributed by atoms with E-state index in [4.69, 9.17) is 4.74 Å². The molecule has 0 aromatic heterocycles. The summed E-state index contributed by atoms with van der Waals surface area (Å²) in [5.41, 5.74) is 3.52. The molecule has 0 bridgehead atoms. The van der Waals surface area contributed by atoms with E-state index in [2.05, 4.69) is 21.9 Å². The molecule has 2 heterocycles. The van der Waals surface area contributed by atoms with E-state index >= 15 is 0 Å². The van der Waals surface area contributed by atoms with Gasteiger partial charge in [0.05, 0.1) is 13.2 Å². The maximum absolute atomic E-state index is 11.4. The average Bonchev–Trinajstić information content (AvgIpc) is 2.88. The molecule has 0 saturated carbocycles. The number of carbonyl (C=O) groups excluding carboxylic acids is 1. The molecule has 4 nitrogen and oxygen atoms in total. The SMILES string of the molecule is CC(=O)c1ccc2c(c1)CN(CCN1CCOCC1)C2. The van der Waals surface area contributed by atoms with Gasteiger partial charge in [-0.05, 0) is 24.1 Å². The van der Waals surface area contributed by atoms with Gasteiger partial charge < -0.3 is 4.74 Å². The van der Waals surface area contributed by atoms with E-state index in [1.807, 2.05) is 6.07 Å². The molecule has 1 aromatic carbocycles. The first-order valence-electron chi connectivity index (χ1n) is 7.37. The largest absolute Gasteiger partial charge is 0.379 e. The first-order valence-corrected chi connectivity index (χ1v) is 7.37. The number of hydrogen-bond donors (Lipinski definition) is 0. The molecular formula is C16H22N2O2. The number of Topliss-reactive ketones (excluding diaryl/α,β-unsaturated/α-hetero) is 1. The van der Waals surface area contributed by atoms with Gasteiger partial charge in [-0.15, -0.1) is 0 Å². The summed E-state index contributed by atoms with van der Waals surface area (Å²) in [7, 11) is 0. The van der Waals surface area contributed by atoms with E-state index in [0.29, 0.717) is 0 Å². The third kappa shape index (κ3) is 3.08. The molecule has 20 heavy (non-hydrogen) atoms. The standard InChI is InChI=1S/C16H22N2O2/c1-13(19)14-2-3-15-11-18(12-16(15)10-14)5-4-17-6-8-20-9-7-17/h2-3,10H,4-9,11-12H2,1H3. The van der Waals surface area contributed by atoms with Crippen molar-refractivity contribution in [1.29, 1.82) is 0 Å². The van der Waals surface area contributed by atoms with Crippen molar-refractivity contribution in [2.45, 2.75) is 20.0 Å². The van der Waals surface area contributed by atoms with E-state index in [-0.39, 0.29) is 5.78 Å². The van der Waals surface area contributed by atoms with Gasteiger partial charge in [0.15, 0.2) is 5.78 Å². The molecule has 0 N–H and O–H groups in total. The number of morpholine rings is 1. The van der Waals surface area contributed by atoms with E-state index in [0.717, 1.165) is 58.0 Å². The minimum Gasteiger partial charge on any atom is -0.379 e. The predicted octanol–water partition coefficient (Wildman–Crippen LogP) is 1.54. The molecular weight excluding hydrogens is 252 g/mol. The molecule has 0 radical (unpaired) electrons. The van der Waals surface area contributed by atoms with Crippen molar-refractivity contribution in [3.05, 3.63) is 34.9 Å². The highest BCUT2D eigenvalue weighted by molar-refractivity contribution is 5.94. The average molecular weight is 274 g/mol. The second kappa shape index (κ2) is 6.04. The van der Waals surface area contributed by atoms with E-state index in [9.17, 15) is 4.79 Å². The Kier molecular flexibility index (Phi) is 4.15. The van der Waals surface area contributed by atoms with Gasteiger partial charge in [0.1, 0.15) is 0 Å². The Morgan fingerprint density at radius 1 is 1.10 bits per heavy atom. The Hall–Kier alpha value is -1.23. The van der Waals surface area contributed by atoms with Crippen LogP contribution in [0.1, 0.15) is 28.4 Å². The smallest absolute Gasteiger partial charge is 0.159 e. The maximum Gasteiger partial charge on any atom is 0.159 e. The van der Waals surface area contributed by atoms with Crippen molar-refractivity contribution in [3.8, 4) is 0 Å². The Balaban J connectivity index is 1.55. The molecule has 1 aromatic rings. The highest BCUT2D eigenvalue weighted by Gasteiger charge is 2.20. The lowest BCUT2D eigenvalue weighted by atomic mass is 10.0. The van der Waals surface area contributed by atoms with E-state index < -0.39 is 0 Å². The van der Waals surface area contributed by atoms with Crippen LogP contribution >= 0.6 is 0 Å². The normalized spacial score (nSPS) is 20.1. The molecule has 4 heteroatoms. The van der Waals surface area contributed by atoms with Crippen LogP contribution in [0.25, 0.3) is 0 Å². The third-order valence-electron chi connectivity index (χ3n) is 4.24. The lowest BCUT2D eigenvalue weighted by molar-refractivity contribution is 0.0331. The number of rotatable bonds is 4. The van der Waals surface area contributed by atoms with Crippen molar-refractivity contribution < 1.29 is 9.53 Å². The molecule has 0 spiro atoms. The van der Waals surface area contributed by atoms with Crippen molar-refractivity contribution in [3.63, 3.8) is 0 Å². The summed E-state index contributed by atoms with van der Waals surface area (Å²) in [4.78, 5) is 16.4. The minimum atomic E-state index is 0.152. The van der Waals surface area contributed by atoms with Gasteiger partial charge in [-0.25, -0.2) is 0 Å². The number of ketones is 1. The third-order valence-corrected chi connectivity index (χ3v) is 4.24. The maximum atomic E-state index is 11.4. The molecule has 1 fully saturated rings. The van der Waals surface area contributed by atoms with Gasteiger partial charge in [0.2, 0.25) is 0 Å². The summed E-state index contributed by atoms with van der Waals surface area (Å²) in [5.74, 6) is 0.152. The van der Waals surface area contributed by atoms with Gasteiger partial charge in [-0.2, -0.15) is 0 Å². The number of fused-ring (bicyclic) bond motifs is 1. The summed E-state index contributed by atoms with van der Waals surface area (Å²) >= 11 is 0. The number of ether oxygens (including phenoxy) is 1. The molecule has 0 unspecified atom stereocenters. The van der Waals surface area contributed by atoms with Crippen molar-refractivity contribution >= 4 is 5.78 Å². The molecule has 2 aliphatic heterocycles. The van der Waals surface area contributed by atoms with E-state index in [1.165, 1.54) is 11.1 Å². The molecule has 0 aliphatic carbocycles. The number of hydrogen-bond acceptors (Lipinski definition) is 4. The lowest BCUT2D eigenvalue weighted by Gasteiger charge is -2.28. The van der Waals surface area contributed by atoms with Gasteiger partial charge >= 0.3 is 0 Å². The van der Waals surface area contributed by atoms with Gasteiger partial charge in [0.25, 0.3) is 0 Å². The Morgan fingerprint density at radius 2 is 1.80 bits per heavy atom. The Bertz CT molecular complexity index is 495. The fourth-order valence-corrected chi connectivity index (χ4v) is 2.95. The summed E-state index contributed by atoms with van der Waals surface area (Å²) in [6, 6.07) is 6.12. The van der Waals surface area contributed by atoms with Gasteiger partial charge in [0, 0.05) is 44.8 Å². The second-order valence-corrected chi connectivity index (χ2v) is 5.70. The topological polar surface area (TPSA) is 32.8 Å². The van der Waals surface area contributed by atoms with Crippen LogP contribution in [0.5, 0.6) is 0 Å². The lowest BCUT2D eigenvalue weighted by Crippen LogP contribution is -2.40. The quantitative estimate of drug-likeness (QED) is 0.780. The van der Waals surface area contributed by atoms with Crippen LogP contribution < -0.4 is 0 Å². The monoisotopic (exact) mass is 274 g/mol. The first kappa shape index (κ1) is 13.7. The van der Waals surface area contributed by atoms with Crippen LogP contribution in [-0.4, -0.2) is 55.0 Å². The summed E-state index contributed by atoms with van der Waals surface area (Å²) in [5, 5.41) is 0. The van der Waals surface area contributed by atoms with Crippen molar-refractivity contribution in [2.24, 2.45) is 0 Å². The number of carbonyl (C=O) groups is 1. The number of benzene rings is 1. The molecule has 1 saturated heterocycles. The fraction of sp³-hybridized carbons (Fsp3) is 0.562. The highest BCUT2D eigenvalue weighted by Crippen LogP contribution is 2.23. The van der Waals surface area contributed by atoms with Crippen LogP contribution in [0.3, 0.4) is 0 Å². The minimum absolute atomic E-state index is 0.152. The van der Waals surface area contributed by atoms with E-state index in [1.54, 1.807) is 6.92 Å². The first-order chi connectivity index (χ1) is 9.72. The number of nitrogens with zero attached hydrogens (tertiary/aromatic N) is 2. The molecule has 0 atom stereocenters. The van der Waals surface area contributed by atoms with Crippen LogP contribution in [-0.2, 0) is 17.8 Å². The van der Waals surface area contributed by atoms with Gasteiger partial charge in [-0.1, -0.05) is 12.1 Å². The zero-order chi connectivity index (χ0) is 13.9. The summed E-state index contributed by atoms with van der Waals surface area (Å²) in [6.45, 7) is 9.64. The Morgan fingerprint density at radius 3 is 2.55 bits per heavy atom. The van der Waals surface area contributed by atoms with Crippen LogP contribution in [0.2, 0.25) is 0 Å². The molecule has 108 valence electrons. The summed E-state index contributed by atoms with van der Waals surface area (Å²) < 4.78 is 5.37. The van der Waals surface area contributed by atoms with Crippen molar-refractivity contribution in [2.75, 3.05) is 39.4 Å². The predicted molar refractivity (Wildman–Crippen MR) is 77.8 cm³/mol. The second-order valence-electron chi connectivity index (χ2n) is 5.70. The zero-order valence-corrected chi connectivity index (χ0v) is 12.1. The zero-order valence-electron chi connectivity index (χ0n) is 12.1. The van der Waals surface area contributed by atoms with Gasteiger partial charge in [-0.3, -0.25) is 14.6 Å². The van der Waals surface area contributed by atoms with Crippen LogP contribution in [0.15, 0.2) is 18.2 Å². The summed E-state index contributed by atoms with van der Waals surface area (Å²) in [6.07, 6.45) is 0. The molecule has 3 rings (SSSR count). The Labute approximate surface area is 120 Å². The fourth-order valence-electron chi connectivity index (χ4n) is 2.95. The van der Waals surface area contributed by atoms with Crippen LogP contribution in [0, 0.1) is 0 Å².